The number of alkyl halides is 2. The standard InChI is InChI=1S/C7H4BrF2NO2/c8-6-3(2-12)1-4(13)5(11-6)7(9)10/h1-2,7,13H. The largest absolute Gasteiger partial charge is 0.506 e. The molecule has 0 fully saturated rings. The average Bonchev–Trinajstić information content (AvgIpc) is 2.07. The lowest BCUT2D eigenvalue weighted by Crippen LogP contribution is -1.95. The number of carbonyl (C=O) groups excluding carboxylic acids is 1. The summed E-state index contributed by atoms with van der Waals surface area (Å²) in [6.45, 7) is 0. The van der Waals surface area contributed by atoms with Crippen LogP contribution in [0, 0.1) is 0 Å². The van der Waals surface area contributed by atoms with Crippen LogP contribution in [0.1, 0.15) is 22.5 Å². The lowest BCUT2D eigenvalue weighted by atomic mass is 10.2. The van der Waals surface area contributed by atoms with E-state index in [0.717, 1.165) is 6.07 Å². The van der Waals surface area contributed by atoms with Gasteiger partial charge in [0.1, 0.15) is 16.0 Å². The van der Waals surface area contributed by atoms with Gasteiger partial charge in [0.25, 0.3) is 6.43 Å². The number of aromatic nitrogens is 1. The Morgan fingerprint density at radius 1 is 1.62 bits per heavy atom. The molecule has 13 heavy (non-hydrogen) atoms. The first-order valence-electron chi connectivity index (χ1n) is 3.19. The van der Waals surface area contributed by atoms with Crippen LogP contribution in [-0.2, 0) is 0 Å². The number of hydrogen-bond donors (Lipinski definition) is 1. The van der Waals surface area contributed by atoms with Crippen LogP contribution in [0.3, 0.4) is 0 Å². The molecule has 0 radical (unpaired) electrons. The van der Waals surface area contributed by atoms with E-state index < -0.39 is 17.9 Å². The van der Waals surface area contributed by atoms with Gasteiger partial charge in [0.05, 0.1) is 5.56 Å². The smallest absolute Gasteiger partial charge is 0.284 e. The van der Waals surface area contributed by atoms with Crippen LogP contribution in [0.4, 0.5) is 8.78 Å². The van der Waals surface area contributed by atoms with Crippen LogP contribution >= 0.6 is 15.9 Å². The van der Waals surface area contributed by atoms with E-state index in [1.807, 2.05) is 0 Å². The first-order chi connectivity index (χ1) is 6.06. The van der Waals surface area contributed by atoms with Crippen LogP contribution in [0.15, 0.2) is 10.7 Å². The molecule has 6 heteroatoms. The van der Waals surface area contributed by atoms with Crippen molar-refractivity contribution < 1.29 is 18.7 Å². The van der Waals surface area contributed by atoms with Gasteiger partial charge in [-0.05, 0) is 22.0 Å². The fraction of sp³-hybridized carbons (Fsp3) is 0.143. The first-order valence-corrected chi connectivity index (χ1v) is 3.98. The Morgan fingerprint density at radius 2 is 2.23 bits per heavy atom. The highest BCUT2D eigenvalue weighted by Gasteiger charge is 2.17. The molecule has 1 heterocycles. The summed E-state index contributed by atoms with van der Waals surface area (Å²) < 4.78 is 24.2. The van der Waals surface area contributed by atoms with Crippen molar-refractivity contribution in [3.8, 4) is 5.75 Å². The highest BCUT2D eigenvalue weighted by molar-refractivity contribution is 9.10. The fourth-order valence-electron chi connectivity index (χ4n) is 0.752. The van der Waals surface area contributed by atoms with Crippen molar-refractivity contribution in [1.29, 1.82) is 0 Å². The highest BCUT2D eigenvalue weighted by Crippen LogP contribution is 2.29. The normalized spacial score (nSPS) is 10.5. The molecule has 0 aliphatic carbocycles. The fourth-order valence-corrected chi connectivity index (χ4v) is 1.15. The van der Waals surface area contributed by atoms with Gasteiger partial charge in [0, 0.05) is 0 Å². The van der Waals surface area contributed by atoms with E-state index in [0.29, 0.717) is 6.29 Å². The molecule has 0 unspecified atom stereocenters. The molecule has 0 saturated heterocycles. The topological polar surface area (TPSA) is 50.2 Å². The molecule has 1 N–H and O–H groups in total. The number of aldehydes is 1. The molecule has 1 rings (SSSR count). The minimum atomic E-state index is -2.86. The maximum atomic E-state index is 12.1. The lowest BCUT2D eigenvalue weighted by Gasteiger charge is -2.03. The number of rotatable bonds is 2. The zero-order chi connectivity index (χ0) is 10.0. The minimum absolute atomic E-state index is 0.00407. The third-order valence-corrected chi connectivity index (χ3v) is 1.98. The minimum Gasteiger partial charge on any atom is -0.506 e. The van der Waals surface area contributed by atoms with Crippen molar-refractivity contribution in [3.05, 3.63) is 21.9 Å². The number of aromatic hydroxyl groups is 1. The number of carbonyl (C=O) groups is 1. The Hall–Kier alpha value is -1.04. The number of nitrogens with zero attached hydrogens (tertiary/aromatic N) is 1. The Bertz CT molecular complexity index is 344. The quantitative estimate of drug-likeness (QED) is 0.648. The van der Waals surface area contributed by atoms with Gasteiger partial charge in [-0.25, -0.2) is 13.8 Å². The molecule has 1 aromatic rings. The Labute approximate surface area is 80.5 Å². The van der Waals surface area contributed by atoms with Crippen molar-refractivity contribution in [2.45, 2.75) is 6.43 Å². The molecule has 0 atom stereocenters. The van der Waals surface area contributed by atoms with Gasteiger partial charge < -0.3 is 5.11 Å². The maximum Gasteiger partial charge on any atom is 0.284 e. The highest BCUT2D eigenvalue weighted by atomic mass is 79.9. The summed E-state index contributed by atoms with van der Waals surface area (Å²) in [5, 5.41) is 9.00. The van der Waals surface area contributed by atoms with Crippen LogP contribution in [0.25, 0.3) is 0 Å². The summed E-state index contributed by atoms with van der Waals surface area (Å²) in [5.74, 6) is -0.680. The second-order valence-corrected chi connectivity index (χ2v) is 2.94. The summed E-state index contributed by atoms with van der Waals surface area (Å²) in [5.41, 5.74) is -0.709. The maximum absolute atomic E-state index is 12.1. The van der Waals surface area contributed by atoms with Gasteiger partial charge in [0.15, 0.2) is 6.29 Å². The molecule has 0 bridgehead atoms. The molecule has 0 aliphatic rings. The van der Waals surface area contributed by atoms with Crippen molar-refractivity contribution in [2.75, 3.05) is 0 Å². The Kier molecular flexibility index (Phi) is 2.92. The summed E-state index contributed by atoms with van der Waals surface area (Å²) in [4.78, 5) is 13.6. The zero-order valence-corrected chi connectivity index (χ0v) is 7.75. The van der Waals surface area contributed by atoms with E-state index in [9.17, 15) is 13.6 Å². The van der Waals surface area contributed by atoms with Crippen molar-refractivity contribution >= 4 is 22.2 Å². The average molecular weight is 252 g/mol. The van der Waals surface area contributed by atoms with Crippen molar-refractivity contribution in [1.82, 2.24) is 4.98 Å². The van der Waals surface area contributed by atoms with Crippen LogP contribution in [0.5, 0.6) is 5.75 Å². The van der Waals surface area contributed by atoms with E-state index in [4.69, 9.17) is 5.11 Å². The van der Waals surface area contributed by atoms with Crippen molar-refractivity contribution in [3.63, 3.8) is 0 Å². The summed E-state index contributed by atoms with van der Waals surface area (Å²) >= 11 is 2.82. The summed E-state index contributed by atoms with van der Waals surface area (Å²) in [7, 11) is 0. The number of pyridine rings is 1. The van der Waals surface area contributed by atoms with E-state index >= 15 is 0 Å². The Balaban J connectivity index is 3.28. The molecule has 0 aliphatic heterocycles. The molecular formula is C7H4BrF2NO2. The third-order valence-electron chi connectivity index (χ3n) is 1.35. The molecule has 70 valence electrons. The molecular weight excluding hydrogens is 248 g/mol. The molecule has 0 saturated carbocycles. The van der Waals surface area contributed by atoms with Gasteiger partial charge in [-0.2, -0.15) is 0 Å². The van der Waals surface area contributed by atoms with E-state index in [1.165, 1.54) is 0 Å². The SMILES string of the molecule is O=Cc1cc(O)c(C(F)F)nc1Br. The third kappa shape index (κ3) is 2.00. The van der Waals surface area contributed by atoms with Crippen LogP contribution < -0.4 is 0 Å². The van der Waals surface area contributed by atoms with E-state index in [2.05, 4.69) is 20.9 Å². The predicted molar refractivity (Wildman–Crippen MR) is 43.9 cm³/mol. The Morgan fingerprint density at radius 3 is 2.69 bits per heavy atom. The van der Waals surface area contributed by atoms with Gasteiger partial charge in [-0.3, -0.25) is 4.79 Å². The van der Waals surface area contributed by atoms with Gasteiger partial charge >= 0.3 is 0 Å². The molecule has 0 amide bonds. The lowest BCUT2D eigenvalue weighted by molar-refractivity contribution is 0.111. The summed E-state index contributed by atoms with van der Waals surface area (Å²) in [6, 6.07) is 0.936. The predicted octanol–water partition coefficient (Wildman–Crippen LogP) is 2.30. The van der Waals surface area contributed by atoms with Crippen LogP contribution in [-0.4, -0.2) is 16.4 Å². The van der Waals surface area contributed by atoms with Gasteiger partial charge in [-0.1, -0.05) is 0 Å². The number of halogens is 3. The van der Waals surface area contributed by atoms with Crippen molar-refractivity contribution in [2.24, 2.45) is 0 Å². The van der Waals surface area contributed by atoms with E-state index in [1.54, 1.807) is 0 Å². The van der Waals surface area contributed by atoms with Crippen LogP contribution in [0.2, 0.25) is 0 Å². The zero-order valence-electron chi connectivity index (χ0n) is 6.17. The number of hydrogen-bond acceptors (Lipinski definition) is 3. The second kappa shape index (κ2) is 3.78. The molecule has 3 nitrogen and oxygen atoms in total. The second-order valence-electron chi connectivity index (χ2n) is 2.19. The molecule has 0 spiro atoms. The first kappa shape index (κ1) is 10.0. The molecule has 0 aromatic carbocycles. The molecule has 1 aromatic heterocycles. The summed E-state index contributed by atoms with van der Waals surface area (Å²) in [6.07, 6.45) is -2.46. The van der Waals surface area contributed by atoms with Gasteiger partial charge in [0.2, 0.25) is 0 Å². The van der Waals surface area contributed by atoms with E-state index in [-0.39, 0.29) is 10.2 Å². The monoisotopic (exact) mass is 251 g/mol. The van der Waals surface area contributed by atoms with Gasteiger partial charge in [-0.15, -0.1) is 0 Å².